The fourth-order valence-electron chi connectivity index (χ4n) is 2.44. The van der Waals surface area contributed by atoms with Gasteiger partial charge in [-0.05, 0) is 38.9 Å². The molecule has 5 nitrogen and oxygen atoms in total. The summed E-state index contributed by atoms with van der Waals surface area (Å²) in [6.07, 6.45) is 5.70. The maximum Gasteiger partial charge on any atom is 0.252 e. The highest BCUT2D eigenvalue weighted by Crippen LogP contribution is 2.11. The van der Waals surface area contributed by atoms with Crippen LogP contribution < -0.4 is 11.1 Å². The summed E-state index contributed by atoms with van der Waals surface area (Å²) in [5.41, 5.74) is 6.58. The van der Waals surface area contributed by atoms with E-state index in [2.05, 4.69) is 34.0 Å². The normalized spacial score (nSPS) is 16.1. The largest absolute Gasteiger partial charge is 0.350 e. The third-order valence-electron chi connectivity index (χ3n) is 3.66. The highest BCUT2D eigenvalue weighted by Gasteiger charge is 2.18. The molecule has 1 aliphatic heterocycles. The van der Waals surface area contributed by atoms with Crippen molar-refractivity contribution in [2.45, 2.75) is 25.8 Å². The molecule has 0 aliphatic carbocycles. The molecule has 1 aliphatic rings. The minimum Gasteiger partial charge on any atom is -0.350 e. The second-order valence-electron chi connectivity index (χ2n) is 5.27. The van der Waals surface area contributed by atoms with E-state index in [-0.39, 0.29) is 5.91 Å². The molecule has 1 amide bonds. The fourth-order valence-corrected chi connectivity index (χ4v) is 2.44. The molecule has 2 heterocycles. The fraction of sp³-hybridized carbons (Fsp3) is 0.500. The van der Waals surface area contributed by atoms with E-state index in [0.29, 0.717) is 30.3 Å². The van der Waals surface area contributed by atoms with Crippen LogP contribution in [0, 0.1) is 11.8 Å². The van der Waals surface area contributed by atoms with Gasteiger partial charge in [0.2, 0.25) is 0 Å². The number of pyridine rings is 1. The quantitative estimate of drug-likeness (QED) is 0.795. The lowest BCUT2D eigenvalue weighted by Gasteiger charge is -2.23. The van der Waals surface area contributed by atoms with E-state index < -0.39 is 0 Å². The number of carbonyl (C=O) groups is 1. The van der Waals surface area contributed by atoms with Crippen LogP contribution in [-0.2, 0) is 0 Å². The molecule has 1 saturated heterocycles. The minimum atomic E-state index is -0.107. The van der Waals surface area contributed by atoms with Crippen LogP contribution in [0.25, 0.3) is 0 Å². The molecule has 21 heavy (non-hydrogen) atoms. The zero-order chi connectivity index (χ0) is 15.1. The molecule has 5 heteroatoms. The van der Waals surface area contributed by atoms with Gasteiger partial charge in [-0.2, -0.15) is 0 Å². The van der Waals surface area contributed by atoms with Crippen LogP contribution in [0.15, 0.2) is 18.5 Å². The molecule has 1 aromatic rings. The Kier molecular flexibility index (Phi) is 5.73. The Morgan fingerprint density at radius 3 is 2.95 bits per heavy atom. The summed E-state index contributed by atoms with van der Waals surface area (Å²) in [7, 11) is 0. The summed E-state index contributed by atoms with van der Waals surface area (Å²) in [6, 6.07) is 2.11. The number of likely N-dealkylation sites (tertiary alicyclic amines) is 1. The van der Waals surface area contributed by atoms with E-state index in [1.54, 1.807) is 18.5 Å². The average Bonchev–Trinajstić information content (AvgIpc) is 3.05. The zero-order valence-electron chi connectivity index (χ0n) is 12.4. The molecule has 1 atom stereocenters. The Hall–Kier alpha value is -1.90. The van der Waals surface area contributed by atoms with E-state index in [4.69, 9.17) is 5.73 Å². The smallest absolute Gasteiger partial charge is 0.252 e. The van der Waals surface area contributed by atoms with Gasteiger partial charge in [0.25, 0.3) is 5.91 Å². The van der Waals surface area contributed by atoms with Crippen molar-refractivity contribution >= 4 is 5.91 Å². The highest BCUT2D eigenvalue weighted by molar-refractivity contribution is 5.94. The summed E-state index contributed by atoms with van der Waals surface area (Å²) in [4.78, 5) is 18.6. The van der Waals surface area contributed by atoms with Gasteiger partial charge in [0, 0.05) is 30.5 Å². The first-order chi connectivity index (χ1) is 10.2. The monoisotopic (exact) mass is 286 g/mol. The average molecular weight is 286 g/mol. The number of aromatic nitrogens is 1. The molecule has 1 aromatic heterocycles. The van der Waals surface area contributed by atoms with Crippen molar-refractivity contribution in [1.82, 2.24) is 15.2 Å². The number of nitrogens with zero attached hydrogens (tertiary/aromatic N) is 2. The standard InChI is InChI=1S/C16H22N4O/c1-13(20-7-2-3-8-20)10-19-16(21)15-9-14(5-4-6-17)11-18-12-15/h9,11-13H,2-3,6-8,10,17H2,1H3,(H,19,21). The second-order valence-corrected chi connectivity index (χ2v) is 5.27. The van der Waals surface area contributed by atoms with Gasteiger partial charge in [0.1, 0.15) is 0 Å². The van der Waals surface area contributed by atoms with Crippen molar-refractivity contribution < 1.29 is 4.79 Å². The van der Waals surface area contributed by atoms with Crippen LogP contribution in [-0.4, -0.2) is 48.0 Å². The lowest BCUT2D eigenvalue weighted by atomic mass is 10.2. The van der Waals surface area contributed by atoms with Gasteiger partial charge in [-0.15, -0.1) is 0 Å². The van der Waals surface area contributed by atoms with Gasteiger partial charge in [-0.3, -0.25) is 14.7 Å². The molecule has 2 rings (SSSR count). The van der Waals surface area contributed by atoms with E-state index >= 15 is 0 Å². The summed E-state index contributed by atoms with van der Waals surface area (Å²) in [5, 5.41) is 2.97. The number of hydrogen-bond donors (Lipinski definition) is 2. The van der Waals surface area contributed by atoms with Crippen LogP contribution >= 0.6 is 0 Å². The van der Waals surface area contributed by atoms with Crippen LogP contribution in [0.5, 0.6) is 0 Å². The summed E-state index contributed by atoms with van der Waals surface area (Å²) in [6.45, 7) is 5.35. The van der Waals surface area contributed by atoms with Crippen molar-refractivity contribution in [2.75, 3.05) is 26.2 Å². The Morgan fingerprint density at radius 1 is 1.48 bits per heavy atom. The van der Waals surface area contributed by atoms with Crippen molar-refractivity contribution in [1.29, 1.82) is 0 Å². The van der Waals surface area contributed by atoms with E-state index in [0.717, 1.165) is 13.1 Å². The van der Waals surface area contributed by atoms with Gasteiger partial charge < -0.3 is 11.1 Å². The maximum absolute atomic E-state index is 12.1. The van der Waals surface area contributed by atoms with Gasteiger partial charge in [-0.1, -0.05) is 11.8 Å². The summed E-state index contributed by atoms with van der Waals surface area (Å²) < 4.78 is 0. The third kappa shape index (κ3) is 4.55. The van der Waals surface area contributed by atoms with Gasteiger partial charge in [-0.25, -0.2) is 0 Å². The van der Waals surface area contributed by atoms with Gasteiger partial charge in [0.05, 0.1) is 12.1 Å². The first kappa shape index (κ1) is 15.5. The molecule has 0 radical (unpaired) electrons. The molecule has 1 fully saturated rings. The van der Waals surface area contributed by atoms with E-state index in [1.807, 2.05) is 0 Å². The van der Waals surface area contributed by atoms with Crippen molar-refractivity contribution in [3.8, 4) is 11.8 Å². The van der Waals surface area contributed by atoms with Crippen LogP contribution in [0.2, 0.25) is 0 Å². The minimum absolute atomic E-state index is 0.107. The molecular formula is C16H22N4O. The molecule has 112 valence electrons. The molecule has 0 spiro atoms. The Morgan fingerprint density at radius 2 is 2.24 bits per heavy atom. The predicted octanol–water partition coefficient (Wildman–Crippen LogP) is 0.606. The number of nitrogens with one attached hydrogen (secondary N) is 1. The molecular weight excluding hydrogens is 264 g/mol. The summed E-state index contributed by atoms with van der Waals surface area (Å²) >= 11 is 0. The van der Waals surface area contributed by atoms with Crippen molar-refractivity contribution in [3.63, 3.8) is 0 Å². The predicted molar refractivity (Wildman–Crippen MR) is 82.8 cm³/mol. The van der Waals surface area contributed by atoms with E-state index in [1.165, 1.54) is 12.8 Å². The molecule has 3 N–H and O–H groups in total. The number of hydrogen-bond acceptors (Lipinski definition) is 4. The number of carbonyl (C=O) groups excluding carboxylic acids is 1. The molecule has 0 bridgehead atoms. The van der Waals surface area contributed by atoms with E-state index in [9.17, 15) is 4.79 Å². The van der Waals surface area contributed by atoms with Crippen molar-refractivity contribution in [3.05, 3.63) is 29.6 Å². The van der Waals surface area contributed by atoms with Gasteiger partial charge in [0.15, 0.2) is 0 Å². The number of rotatable bonds is 4. The van der Waals surface area contributed by atoms with Crippen molar-refractivity contribution in [2.24, 2.45) is 5.73 Å². The Labute approximate surface area is 125 Å². The zero-order valence-corrected chi connectivity index (χ0v) is 12.4. The van der Waals surface area contributed by atoms with Crippen LogP contribution in [0.1, 0.15) is 35.7 Å². The lowest BCUT2D eigenvalue weighted by Crippen LogP contribution is -2.40. The number of amides is 1. The first-order valence-electron chi connectivity index (χ1n) is 7.37. The Bertz CT molecular complexity index is 541. The highest BCUT2D eigenvalue weighted by atomic mass is 16.1. The van der Waals surface area contributed by atoms with Crippen LogP contribution in [0.4, 0.5) is 0 Å². The number of nitrogens with two attached hydrogens (primary N) is 1. The topological polar surface area (TPSA) is 71.2 Å². The SMILES string of the molecule is CC(CNC(=O)c1cncc(C#CCN)c1)N1CCCC1. The van der Waals surface area contributed by atoms with Gasteiger partial charge >= 0.3 is 0 Å². The third-order valence-corrected chi connectivity index (χ3v) is 3.66. The second kappa shape index (κ2) is 7.77. The van der Waals surface area contributed by atoms with Crippen LogP contribution in [0.3, 0.4) is 0 Å². The lowest BCUT2D eigenvalue weighted by molar-refractivity contribution is 0.0940. The Balaban J connectivity index is 1.90. The summed E-state index contributed by atoms with van der Waals surface area (Å²) in [5.74, 6) is 5.53. The molecule has 1 unspecified atom stereocenters. The first-order valence-corrected chi connectivity index (χ1v) is 7.37. The molecule has 0 aromatic carbocycles. The molecule has 0 saturated carbocycles. The maximum atomic E-state index is 12.1.